The largest absolute Gasteiger partial charge is 0.573 e. The van der Waals surface area contributed by atoms with Crippen LogP contribution in [0.3, 0.4) is 0 Å². The average molecular weight is 345 g/mol. The molecule has 1 saturated heterocycles. The van der Waals surface area contributed by atoms with Gasteiger partial charge in [0.2, 0.25) is 0 Å². The molecule has 1 aromatic carbocycles. The van der Waals surface area contributed by atoms with Crippen LogP contribution in [0.1, 0.15) is 29.6 Å². The van der Waals surface area contributed by atoms with Gasteiger partial charge >= 0.3 is 6.36 Å². The quantitative estimate of drug-likeness (QED) is 0.915. The van der Waals surface area contributed by atoms with Crippen molar-refractivity contribution < 1.29 is 32.2 Å². The first-order valence-corrected chi connectivity index (χ1v) is 7.80. The lowest BCUT2D eigenvalue weighted by molar-refractivity contribution is -0.274. The van der Waals surface area contributed by atoms with Crippen molar-refractivity contribution in [3.8, 4) is 5.75 Å². The molecule has 0 bridgehead atoms. The van der Waals surface area contributed by atoms with Gasteiger partial charge in [0.05, 0.1) is 25.4 Å². The molecule has 1 aromatic rings. The molecule has 1 amide bonds. The van der Waals surface area contributed by atoms with Gasteiger partial charge in [-0.15, -0.1) is 13.2 Å². The molecular weight excluding hydrogens is 327 g/mol. The molecule has 8 heteroatoms. The predicted octanol–water partition coefficient (Wildman–Crippen LogP) is 2.65. The van der Waals surface area contributed by atoms with Gasteiger partial charge in [-0.2, -0.15) is 0 Å². The summed E-state index contributed by atoms with van der Waals surface area (Å²) < 4.78 is 51.9. The Morgan fingerprint density at radius 3 is 2.67 bits per heavy atom. The number of ether oxygens (including phenoxy) is 3. The van der Waals surface area contributed by atoms with E-state index in [2.05, 4.69) is 10.1 Å². The molecule has 1 heterocycles. The van der Waals surface area contributed by atoms with Crippen LogP contribution in [0.2, 0.25) is 0 Å². The second-order valence-corrected chi connectivity index (χ2v) is 5.88. The summed E-state index contributed by atoms with van der Waals surface area (Å²) in [7, 11) is 0. The van der Waals surface area contributed by atoms with E-state index in [9.17, 15) is 18.0 Å². The summed E-state index contributed by atoms with van der Waals surface area (Å²) in [6.07, 6.45) is -2.60. The number of benzene rings is 1. The Kier molecular flexibility index (Phi) is 4.96. The molecule has 2 fully saturated rings. The Labute approximate surface area is 137 Å². The van der Waals surface area contributed by atoms with Crippen LogP contribution < -0.4 is 10.1 Å². The van der Waals surface area contributed by atoms with Crippen molar-refractivity contribution in [2.24, 2.45) is 0 Å². The number of carbonyl (C=O) groups excluding carboxylic acids is 1. The highest BCUT2D eigenvalue weighted by Crippen LogP contribution is 2.27. The van der Waals surface area contributed by atoms with Crippen molar-refractivity contribution >= 4 is 5.91 Å². The average Bonchev–Trinajstić information content (AvgIpc) is 2.53. The number of hydrogen-bond acceptors (Lipinski definition) is 4. The molecule has 1 aliphatic heterocycles. The summed E-state index contributed by atoms with van der Waals surface area (Å²) in [6.45, 7) is 1.13. The molecule has 0 radical (unpaired) electrons. The van der Waals surface area contributed by atoms with Crippen LogP contribution in [0.5, 0.6) is 5.75 Å². The van der Waals surface area contributed by atoms with Crippen LogP contribution in [-0.2, 0) is 9.47 Å². The molecule has 1 saturated carbocycles. The number of alkyl halides is 3. The monoisotopic (exact) mass is 345 g/mol. The standard InChI is InChI=1S/C16H18F3NO4/c17-16(18,19)24-12-3-1-2-10(8-12)15(21)20-11-4-5-13-14(9-11)23-7-6-22-13/h1-3,8,11,13-14H,4-7,9H2,(H,20,21)/t11-,13+,14+/m1/s1. The van der Waals surface area contributed by atoms with E-state index in [1.165, 1.54) is 12.1 Å². The molecule has 2 aliphatic rings. The van der Waals surface area contributed by atoms with Crippen molar-refractivity contribution in [3.05, 3.63) is 29.8 Å². The van der Waals surface area contributed by atoms with Gasteiger partial charge in [0, 0.05) is 11.6 Å². The smallest absolute Gasteiger partial charge is 0.406 e. The first-order valence-electron chi connectivity index (χ1n) is 7.80. The number of halogens is 3. The lowest BCUT2D eigenvalue weighted by atomic mass is 9.89. The van der Waals surface area contributed by atoms with E-state index in [0.717, 1.165) is 25.0 Å². The molecule has 3 rings (SSSR count). The third-order valence-corrected chi connectivity index (χ3v) is 4.14. The van der Waals surface area contributed by atoms with Crippen molar-refractivity contribution in [3.63, 3.8) is 0 Å². The minimum absolute atomic E-state index is 0.0438. The van der Waals surface area contributed by atoms with E-state index in [1.807, 2.05) is 0 Å². The summed E-state index contributed by atoms with van der Waals surface area (Å²) in [4.78, 5) is 12.3. The van der Waals surface area contributed by atoms with E-state index in [-0.39, 0.29) is 23.8 Å². The molecule has 24 heavy (non-hydrogen) atoms. The number of amides is 1. The molecule has 5 nitrogen and oxygen atoms in total. The van der Waals surface area contributed by atoms with E-state index >= 15 is 0 Å². The first-order chi connectivity index (χ1) is 11.4. The molecule has 0 aromatic heterocycles. The minimum atomic E-state index is -4.79. The highest BCUT2D eigenvalue weighted by atomic mass is 19.4. The zero-order chi connectivity index (χ0) is 17.2. The predicted molar refractivity (Wildman–Crippen MR) is 77.7 cm³/mol. The van der Waals surface area contributed by atoms with Gasteiger partial charge in [-0.3, -0.25) is 4.79 Å². The Balaban J connectivity index is 1.59. The molecular formula is C16H18F3NO4. The minimum Gasteiger partial charge on any atom is -0.406 e. The van der Waals surface area contributed by atoms with Gasteiger partial charge in [-0.25, -0.2) is 0 Å². The van der Waals surface area contributed by atoms with Gasteiger partial charge in [-0.1, -0.05) is 6.07 Å². The summed E-state index contributed by atoms with van der Waals surface area (Å²) in [5, 5.41) is 2.85. The fourth-order valence-corrected chi connectivity index (χ4v) is 3.10. The maximum Gasteiger partial charge on any atom is 0.573 e. The number of rotatable bonds is 3. The van der Waals surface area contributed by atoms with Crippen LogP contribution in [-0.4, -0.2) is 43.7 Å². The van der Waals surface area contributed by atoms with E-state index in [1.54, 1.807) is 0 Å². The van der Waals surface area contributed by atoms with Gasteiger partial charge in [0.1, 0.15) is 5.75 Å². The Morgan fingerprint density at radius 2 is 1.92 bits per heavy atom. The van der Waals surface area contributed by atoms with E-state index < -0.39 is 18.0 Å². The SMILES string of the molecule is O=C(N[C@@H]1CC[C@@H]2OCCO[C@H]2C1)c1cccc(OC(F)(F)F)c1. The van der Waals surface area contributed by atoms with E-state index in [4.69, 9.17) is 9.47 Å². The van der Waals surface area contributed by atoms with E-state index in [0.29, 0.717) is 19.6 Å². The van der Waals surface area contributed by atoms with Gasteiger partial charge in [-0.05, 0) is 37.5 Å². The maximum absolute atomic E-state index is 12.3. The second-order valence-electron chi connectivity index (χ2n) is 5.88. The van der Waals surface area contributed by atoms with Crippen LogP contribution in [0.4, 0.5) is 13.2 Å². The van der Waals surface area contributed by atoms with Crippen LogP contribution >= 0.6 is 0 Å². The van der Waals surface area contributed by atoms with Gasteiger partial charge < -0.3 is 19.5 Å². The van der Waals surface area contributed by atoms with Crippen molar-refractivity contribution in [2.75, 3.05) is 13.2 Å². The highest BCUT2D eigenvalue weighted by molar-refractivity contribution is 5.94. The molecule has 1 N–H and O–H groups in total. The number of hydrogen-bond donors (Lipinski definition) is 1. The second kappa shape index (κ2) is 6.98. The summed E-state index contributed by atoms with van der Waals surface area (Å²) in [5.74, 6) is -0.842. The first kappa shape index (κ1) is 17.0. The summed E-state index contributed by atoms with van der Waals surface area (Å²) >= 11 is 0. The van der Waals surface area contributed by atoms with Gasteiger partial charge in [0.15, 0.2) is 0 Å². The van der Waals surface area contributed by atoms with Crippen LogP contribution in [0, 0.1) is 0 Å². The fourth-order valence-electron chi connectivity index (χ4n) is 3.10. The molecule has 0 spiro atoms. The molecule has 1 aliphatic carbocycles. The molecule has 0 unspecified atom stereocenters. The topological polar surface area (TPSA) is 56.8 Å². The third-order valence-electron chi connectivity index (χ3n) is 4.14. The lowest BCUT2D eigenvalue weighted by Crippen LogP contribution is -2.49. The number of fused-ring (bicyclic) bond motifs is 1. The summed E-state index contributed by atoms with van der Waals surface area (Å²) in [6, 6.07) is 4.94. The zero-order valence-corrected chi connectivity index (χ0v) is 12.8. The third kappa shape index (κ3) is 4.39. The number of carbonyl (C=O) groups is 1. The fraction of sp³-hybridized carbons (Fsp3) is 0.562. The normalized spacial score (nSPS) is 27.2. The molecule has 3 atom stereocenters. The zero-order valence-electron chi connectivity index (χ0n) is 12.8. The Morgan fingerprint density at radius 1 is 1.17 bits per heavy atom. The lowest BCUT2D eigenvalue weighted by Gasteiger charge is -2.39. The van der Waals surface area contributed by atoms with Crippen molar-refractivity contribution in [1.29, 1.82) is 0 Å². The van der Waals surface area contributed by atoms with Crippen molar-refractivity contribution in [2.45, 2.75) is 43.9 Å². The van der Waals surface area contributed by atoms with Crippen LogP contribution in [0.15, 0.2) is 24.3 Å². The van der Waals surface area contributed by atoms with Crippen molar-refractivity contribution in [1.82, 2.24) is 5.32 Å². The Bertz CT molecular complexity index is 593. The molecule has 132 valence electrons. The highest BCUT2D eigenvalue weighted by Gasteiger charge is 2.35. The number of nitrogens with one attached hydrogen (secondary N) is 1. The van der Waals surface area contributed by atoms with Gasteiger partial charge in [0.25, 0.3) is 5.91 Å². The summed E-state index contributed by atoms with van der Waals surface area (Å²) in [5.41, 5.74) is 0.125. The maximum atomic E-state index is 12.3. The Hall–Kier alpha value is -1.80. The van der Waals surface area contributed by atoms with Crippen LogP contribution in [0.25, 0.3) is 0 Å².